The van der Waals surface area contributed by atoms with Crippen molar-refractivity contribution in [1.82, 2.24) is 15.1 Å². The number of hydrogen-bond donors (Lipinski definition) is 1. The summed E-state index contributed by atoms with van der Waals surface area (Å²) in [7, 11) is 2.02. The molecule has 104 valence electrons. The molecule has 1 N–H and O–H groups in total. The van der Waals surface area contributed by atoms with Gasteiger partial charge in [-0.15, -0.1) is 0 Å². The Hall–Kier alpha value is -0.480. The molecule has 18 heavy (non-hydrogen) atoms. The Balaban J connectivity index is 2.60. The SMILES string of the molecule is CC[C@H](NCCSC(C)C)c1c(C)nn(C)c1C. The van der Waals surface area contributed by atoms with E-state index in [1.165, 1.54) is 17.0 Å². The molecular formula is C14H27N3S. The zero-order valence-corrected chi connectivity index (χ0v) is 13.4. The van der Waals surface area contributed by atoms with E-state index in [9.17, 15) is 0 Å². The van der Waals surface area contributed by atoms with Crippen LogP contribution in [0, 0.1) is 13.8 Å². The maximum absolute atomic E-state index is 4.51. The topological polar surface area (TPSA) is 29.9 Å². The summed E-state index contributed by atoms with van der Waals surface area (Å²) in [5.41, 5.74) is 3.82. The average molecular weight is 269 g/mol. The lowest BCUT2D eigenvalue weighted by Crippen LogP contribution is -2.24. The van der Waals surface area contributed by atoms with E-state index in [0.29, 0.717) is 11.3 Å². The molecule has 0 radical (unpaired) electrons. The Kier molecular flexibility index (Phi) is 6.22. The second-order valence-electron chi connectivity index (χ2n) is 5.04. The molecule has 0 saturated carbocycles. The second-order valence-corrected chi connectivity index (χ2v) is 6.73. The lowest BCUT2D eigenvalue weighted by atomic mass is 10.0. The monoisotopic (exact) mass is 269 g/mol. The predicted molar refractivity (Wildman–Crippen MR) is 81.3 cm³/mol. The summed E-state index contributed by atoms with van der Waals surface area (Å²) in [4.78, 5) is 0. The summed E-state index contributed by atoms with van der Waals surface area (Å²) in [5.74, 6) is 1.17. The molecule has 0 unspecified atom stereocenters. The van der Waals surface area contributed by atoms with Crippen molar-refractivity contribution in [3.05, 3.63) is 17.0 Å². The molecule has 1 heterocycles. The van der Waals surface area contributed by atoms with E-state index in [2.05, 4.69) is 45.0 Å². The van der Waals surface area contributed by atoms with Gasteiger partial charge in [-0.3, -0.25) is 4.68 Å². The van der Waals surface area contributed by atoms with Crippen LogP contribution >= 0.6 is 11.8 Å². The van der Waals surface area contributed by atoms with Crippen molar-refractivity contribution in [2.45, 2.75) is 52.3 Å². The molecule has 1 aromatic heterocycles. The van der Waals surface area contributed by atoms with Crippen molar-refractivity contribution >= 4 is 11.8 Å². The molecule has 0 saturated heterocycles. The molecule has 0 aliphatic carbocycles. The quantitative estimate of drug-likeness (QED) is 0.771. The average Bonchev–Trinajstić information content (AvgIpc) is 2.55. The van der Waals surface area contributed by atoms with E-state index in [-0.39, 0.29) is 0 Å². The fourth-order valence-electron chi connectivity index (χ4n) is 2.27. The van der Waals surface area contributed by atoms with Crippen LogP contribution in [-0.4, -0.2) is 27.3 Å². The van der Waals surface area contributed by atoms with Gasteiger partial charge < -0.3 is 5.32 Å². The van der Waals surface area contributed by atoms with Crippen LogP contribution in [0.25, 0.3) is 0 Å². The van der Waals surface area contributed by atoms with E-state index in [1.807, 2.05) is 23.5 Å². The minimum absolute atomic E-state index is 0.437. The van der Waals surface area contributed by atoms with Gasteiger partial charge in [0.15, 0.2) is 0 Å². The summed E-state index contributed by atoms with van der Waals surface area (Å²) < 4.78 is 1.98. The first kappa shape index (κ1) is 15.6. The predicted octanol–water partition coefficient (Wildman–Crippen LogP) is 3.22. The maximum Gasteiger partial charge on any atom is 0.0644 e. The van der Waals surface area contributed by atoms with Gasteiger partial charge in [-0.05, 0) is 25.5 Å². The summed E-state index contributed by atoms with van der Waals surface area (Å²) >= 11 is 2.01. The third kappa shape index (κ3) is 4.02. The van der Waals surface area contributed by atoms with Gasteiger partial charge in [-0.1, -0.05) is 20.8 Å². The first-order chi connectivity index (χ1) is 8.47. The fourth-order valence-corrected chi connectivity index (χ4v) is 2.98. The van der Waals surface area contributed by atoms with Crippen LogP contribution in [0.4, 0.5) is 0 Å². The lowest BCUT2D eigenvalue weighted by Gasteiger charge is -2.18. The zero-order valence-electron chi connectivity index (χ0n) is 12.6. The number of hydrogen-bond acceptors (Lipinski definition) is 3. The van der Waals surface area contributed by atoms with Crippen LogP contribution in [0.1, 0.15) is 50.2 Å². The first-order valence-corrected chi connectivity index (χ1v) is 7.87. The van der Waals surface area contributed by atoms with E-state index < -0.39 is 0 Å². The van der Waals surface area contributed by atoms with E-state index in [1.54, 1.807) is 0 Å². The summed E-state index contributed by atoms with van der Waals surface area (Å²) in [6, 6.07) is 0.437. The smallest absolute Gasteiger partial charge is 0.0644 e. The minimum Gasteiger partial charge on any atom is -0.309 e. The molecular weight excluding hydrogens is 242 g/mol. The van der Waals surface area contributed by atoms with E-state index in [0.717, 1.165) is 18.7 Å². The highest BCUT2D eigenvalue weighted by Gasteiger charge is 2.17. The van der Waals surface area contributed by atoms with Crippen LogP contribution < -0.4 is 5.32 Å². The van der Waals surface area contributed by atoms with Gasteiger partial charge in [0.05, 0.1) is 5.69 Å². The number of rotatable bonds is 7. The molecule has 0 bridgehead atoms. The third-order valence-corrected chi connectivity index (χ3v) is 4.37. The summed E-state index contributed by atoms with van der Waals surface area (Å²) in [6.07, 6.45) is 1.11. The minimum atomic E-state index is 0.437. The van der Waals surface area contributed by atoms with Gasteiger partial charge in [0.2, 0.25) is 0 Å². The Labute approximate surface area is 116 Å². The maximum atomic E-state index is 4.51. The molecule has 0 fully saturated rings. The first-order valence-electron chi connectivity index (χ1n) is 6.82. The van der Waals surface area contributed by atoms with Gasteiger partial charge in [0.1, 0.15) is 0 Å². The van der Waals surface area contributed by atoms with Crippen molar-refractivity contribution in [2.75, 3.05) is 12.3 Å². The molecule has 0 aliphatic heterocycles. The number of nitrogens with zero attached hydrogens (tertiary/aromatic N) is 2. The zero-order chi connectivity index (χ0) is 13.7. The largest absolute Gasteiger partial charge is 0.309 e. The Morgan fingerprint density at radius 1 is 1.33 bits per heavy atom. The normalized spacial score (nSPS) is 13.3. The number of thioether (sulfide) groups is 1. The van der Waals surface area contributed by atoms with Crippen LogP contribution in [-0.2, 0) is 7.05 Å². The van der Waals surface area contributed by atoms with Crippen LogP contribution in [0.3, 0.4) is 0 Å². The second kappa shape index (κ2) is 7.19. The lowest BCUT2D eigenvalue weighted by molar-refractivity contribution is 0.534. The van der Waals surface area contributed by atoms with Gasteiger partial charge in [-0.2, -0.15) is 16.9 Å². The fraction of sp³-hybridized carbons (Fsp3) is 0.786. The van der Waals surface area contributed by atoms with Crippen molar-refractivity contribution in [3.63, 3.8) is 0 Å². The highest BCUT2D eigenvalue weighted by molar-refractivity contribution is 7.99. The van der Waals surface area contributed by atoms with Crippen molar-refractivity contribution in [3.8, 4) is 0 Å². The molecule has 1 rings (SSSR count). The van der Waals surface area contributed by atoms with Gasteiger partial charge in [-0.25, -0.2) is 0 Å². The molecule has 0 amide bonds. The highest BCUT2D eigenvalue weighted by Crippen LogP contribution is 2.23. The molecule has 0 spiro atoms. The number of aryl methyl sites for hydroxylation is 2. The number of nitrogens with one attached hydrogen (secondary N) is 1. The molecule has 3 nitrogen and oxygen atoms in total. The van der Waals surface area contributed by atoms with Crippen LogP contribution in [0.5, 0.6) is 0 Å². The molecule has 1 aromatic rings. The molecule has 0 aliphatic rings. The van der Waals surface area contributed by atoms with Crippen molar-refractivity contribution < 1.29 is 0 Å². The number of aromatic nitrogens is 2. The molecule has 0 aromatic carbocycles. The van der Waals surface area contributed by atoms with E-state index >= 15 is 0 Å². The van der Waals surface area contributed by atoms with Crippen molar-refractivity contribution in [1.29, 1.82) is 0 Å². The standard InChI is InChI=1S/C14H27N3S/c1-7-13(15-8-9-18-10(2)3)14-11(4)16-17(6)12(14)5/h10,13,15H,7-9H2,1-6H3/t13-/m0/s1. The Morgan fingerprint density at radius 2 is 2.00 bits per heavy atom. The molecule has 4 heteroatoms. The van der Waals surface area contributed by atoms with Crippen LogP contribution in [0.15, 0.2) is 0 Å². The summed E-state index contributed by atoms with van der Waals surface area (Å²) in [5, 5.41) is 8.89. The van der Waals surface area contributed by atoms with Crippen molar-refractivity contribution in [2.24, 2.45) is 7.05 Å². The third-order valence-electron chi connectivity index (χ3n) is 3.27. The van der Waals surface area contributed by atoms with E-state index in [4.69, 9.17) is 0 Å². The van der Waals surface area contributed by atoms with Gasteiger partial charge in [0, 0.05) is 36.6 Å². The van der Waals surface area contributed by atoms with Crippen LogP contribution in [0.2, 0.25) is 0 Å². The Morgan fingerprint density at radius 3 is 2.44 bits per heavy atom. The highest BCUT2D eigenvalue weighted by atomic mass is 32.2. The van der Waals surface area contributed by atoms with Gasteiger partial charge >= 0.3 is 0 Å². The Bertz CT molecular complexity index is 371. The van der Waals surface area contributed by atoms with Gasteiger partial charge in [0.25, 0.3) is 0 Å². The molecule has 1 atom stereocenters. The summed E-state index contributed by atoms with van der Waals surface area (Å²) in [6.45, 7) is 12.1.